The second-order valence-corrected chi connectivity index (χ2v) is 5.15. The summed E-state index contributed by atoms with van der Waals surface area (Å²) in [5.41, 5.74) is 0.504. The molecule has 100 valence electrons. The average molecular weight is 270 g/mol. The molecule has 0 aliphatic carbocycles. The van der Waals surface area contributed by atoms with Gasteiger partial charge in [-0.05, 0) is 24.8 Å². The van der Waals surface area contributed by atoms with Crippen LogP contribution in [0.3, 0.4) is 0 Å². The topological polar surface area (TPSA) is 64.4 Å². The van der Waals surface area contributed by atoms with Crippen LogP contribution in [0.2, 0.25) is 0 Å². The van der Waals surface area contributed by atoms with E-state index in [-0.39, 0.29) is 11.4 Å². The molecule has 1 unspecified atom stereocenters. The van der Waals surface area contributed by atoms with E-state index in [1.54, 1.807) is 30.0 Å². The summed E-state index contributed by atoms with van der Waals surface area (Å²) in [5, 5.41) is 14.7. The van der Waals surface area contributed by atoms with Gasteiger partial charge in [0, 0.05) is 11.8 Å². The van der Waals surface area contributed by atoms with Gasteiger partial charge in [0.1, 0.15) is 5.69 Å². The summed E-state index contributed by atoms with van der Waals surface area (Å²) in [6.45, 7) is 2.84. The van der Waals surface area contributed by atoms with Crippen LogP contribution in [-0.2, 0) is 0 Å². The largest absolute Gasteiger partial charge is 0.490 e. The first-order valence-electron chi connectivity index (χ1n) is 5.68. The van der Waals surface area contributed by atoms with Crippen molar-refractivity contribution < 1.29 is 9.66 Å². The van der Waals surface area contributed by atoms with Gasteiger partial charge in [-0.1, -0.05) is 13.0 Å². The second-order valence-electron chi connectivity index (χ2n) is 3.88. The van der Waals surface area contributed by atoms with Crippen LogP contribution in [0.4, 0.5) is 11.4 Å². The Morgan fingerprint density at radius 1 is 1.56 bits per heavy atom. The lowest BCUT2D eigenvalue weighted by Gasteiger charge is -2.11. The third kappa shape index (κ3) is 3.80. The van der Waals surface area contributed by atoms with E-state index in [4.69, 9.17) is 4.74 Å². The SMILES string of the molecule is COc1cccc(NCCC(C)SC)c1[N+](=O)[O-]. The van der Waals surface area contributed by atoms with Gasteiger partial charge in [-0.3, -0.25) is 10.1 Å². The molecule has 0 aromatic heterocycles. The minimum atomic E-state index is -0.417. The second kappa shape index (κ2) is 7.10. The molecule has 0 radical (unpaired) electrons. The molecule has 0 fully saturated rings. The first-order valence-corrected chi connectivity index (χ1v) is 6.97. The molecule has 6 heteroatoms. The fourth-order valence-electron chi connectivity index (χ4n) is 1.55. The average Bonchev–Trinajstić information content (AvgIpc) is 2.37. The van der Waals surface area contributed by atoms with E-state index < -0.39 is 4.92 Å². The summed E-state index contributed by atoms with van der Waals surface area (Å²) in [6.07, 6.45) is 3.01. The van der Waals surface area contributed by atoms with Crippen LogP contribution in [0.1, 0.15) is 13.3 Å². The highest BCUT2D eigenvalue weighted by Crippen LogP contribution is 2.34. The lowest BCUT2D eigenvalue weighted by molar-refractivity contribution is -0.384. The molecule has 1 rings (SSSR count). The third-order valence-corrected chi connectivity index (χ3v) is 3.71. The summed E-state index contributed by atoms with van der Waals surface area (Å²) in [6, 6.07) is 5.03. The molecule has 1 atom stereocenters. The van der Waals surface area contributed by atoms with Crippen molar-refractivity contribution in [2.45, 2.75) is 18.6 Å². The Kier molecular flexibility index (Phi) is 5.77. The highest BCUT2D eigenvalue weighted by atomic mass is 32.2. The molecule has 0 aliphatic rings. The van der Waals surface area contributed by atoms with E-state index in [2.05, 4.69) is 18.5 Å². The smallest absolute Gasteiger partial charge is 0.333 e. The van der Waals surface area contributed by atoms with Crippen molar-refractivity contribution in [3.8, 4) is 5.75 Å². The Hall–Kier alpha value is -1.43. The van der Waals surface area contributed by atoms with Crippen molar-refractivity contribution in [2.75, 3.05) is 25.2 Å². The number of nitro benzene ring substituents is 1. The Labute approximate surface area is 111 Å². The molecule has 18 heavy (non-hydrogen) atoms. The monoisotopic (exact) mass is 270 g/mol. The number of nitro groups is 1. The van der Waals surface area contributed by atoms with Crippen molar-refractivity contribution in [1.29, 1.82) is 0 Å². The molecular weight excluding hydrogens is 252 g/mol. The Bertz CT molecular complexity index is 412. The molecule has 0 heterocycles. The van der Waals surface area contributed by atoms with Gasteiger partial charge in [0.25, 0.3) is 0 Å². The van der Waals surface area contributed by atoms with E-state index >= 15 is 0 Å². The van der Waals surface area contributed by atoms with E-state index in [1.165, 1.54) is 7.11 Å². The van der Waals surface area contributed by atoms with Gasteiger partial charge in [0.2, 0.25) is 0 Å². The Morgan fingerprint density at radius 2 is 2.28 bits per heavy atom. The number of hydrogen-bond donors (Lipinski definition) is 1. The van der Waals surface area contributed by atoms with Crippen LogP contribution in [-0.4, -0.2) is 30.1 Å². The fourth-order valence-corrected chi connectivity index (χ4v) is 1.90. The van der Waals surface area contributed by atoms with Gasteiger partial charge in [0.15, 0.2) is 5.75 Å². The predicted molar refractivity (Wildman–Crippen MR) is 75.7 cm³/mol. The number of benzene rings is 1. The summed E-state index contributed by atoms with van der Waals surface area (Å²) in [4.78, 5) is 10.6. The van der Waals surface area contributed by atoms with Gasteiger partial charge in [0.05, 0.1) is 12.0 Å². The van der Waals surface area contributed by atoms with Gasteiger partial charge < -0.3 is 10.1 Å². The molecule has 5 nitrogen and oxygen atoms in total. The number of methoxy groups -OCH3 is 1. The standard InChI is InChI=1S/C12H18N2O3S/c1-9(18-3)7-8-13-10-5-4-6-11(17-2)12(10)14(15)16/h4-6,9,13H,7-8H2,1-3H3. The van der Waals surface area contributed by atoms with Gasteiger partial charge in [-0.25, -0.2) is 0 Å². The lowest BCUT2D eigenvalue weighted by atomic mass is 10.2. The summed E-state index contributed by atoms with van der Waals surface area (Å²) in [5.74, 6) is 0.280. The molecule has 0 aliphatic heterocycles. The van der Waals surface area contributed by atoms with Gasteiger partial charge in [-0.2, -0.15) is 11.8 Å². The van der Waals surface area contributed by atoms with Crippen LogP contribution in [0.5, 0.6) is 5.75 Å². The van der Waals surface area contributed by atoms with Crippen LogP contribution in [0, 0.1) is 10.1 Å². The van der Waals surface area contributed by atoms with Crippen molar-refractivity contribution in [2.24, 2.45) is 0 Å². The van der Waals surface area contributed by atoms with E-state index in [0.717, 1.165) is 6.42 Å². The minimum Gasteiger partial charge on any atom is -0.490 e. The molecule has 0 amide bonds. The van der Waals surface area contributed by atoms with E-state index in [9.17, 15) is 10.1 Å². The van der Waals surface area contributed by atoms with Crippen molar-refractivity contribution in [3.63, 3.8) is 0 Å². The quantitative estimate of drug-likeness (QED) is 0.609. The number of para-hydroxylation sites is 1. The van der Waals surface area contributed by atoms with Crippen molar-refractivity contribution >= 4 is 23.1 Å². The number of hydrogen-bond acceptors (Lipinski definition) is 5. The number of anilines is 1. The van der Waals surface area contributed by atoms with Crippen molar-refractivity contribution in [1.82, 2.24) is 0 Å². The lowest BCUT2D eigenvalue weighted by Crippen LogP contribution is -2.09. The maximum atomic E-state index is 11.0. The molecule has 1 aromatic carbocycles. The summed E-state index contributed by atoms with van der Waals surface area (Å²) in [7, 11) is 1.43. The zero-order valence-corrected chi connectivity index (χ0v) is 11.6. The maximum absolute atomic E-state index is 11.0. The molecule has 1 N–H and O–H groups in total. The van der Waals surface area contributed by atoms with Crippen LogP contribution in [0.25, 0.3) is 0 Å². The Morgan fingerprint density at radius 3 is 2.83 bits per heavy atom. The zero-order chi connectivity index (χ0) is 13.5. The molecular formula is C12H18N2O3S. The summed E-state index contributed by atoms with van der Waals surface area (Å²) >= 11 is 1.78. The van der Waals surface area contributed by atoms with Gasteiger partial charge in [-0.15, -0.1) is 0 Å². The van der Waals surface area contributed by atoms with E-state index in [0.29, 0.717) is 17.5 Å². The number of nitrogens with one attached hydrogen (secondary N) is 1. The first kappa shape index (κ1) is 14.6. The zero-order valence-electron chi connectivity index (χ0n) is 10.8. The first-order chi connectivity index (χ1) is 8.60. The Balaban J connectivity index is 2.78. The highest BCUT2D eigenvalue weighted by molar-refractivity contribution is 7.99. The number of ether oxygens (including phenoxy) is 1. The number of rotatable bonds is 7. The predicted octanol–water partition coefficient (Wildman–Crippen LogP) is 3.16. The fraction of sp³-hybridized carbons (Fsp3) is 0.500. The molecule has 0 saturated heterocycles. The highest BCUT2D eigenvalue weighted by Gasteiger charge is 2.19. The van der Waals surface area contributed by atoms with Crippen LogP contribution in [0.15, 0.2) is 18.2 Å². The molecule has 0 spiro atoms. The normalized spacial score (nSPS) is 11.9. The number of thioether (sulfide) groups is 1. The third-order valence-electron chi connectivity index (χ3n) is 2.67. The molecule has 1 aromatic rings. The molecule has 0 bridgehead atoms. The maximum Gasteiger partial charge on any atom is 0.333 e. The van der Waals surface area contributed by atoms with E-state index in [1.807, 2.05) is 0 Å². The van der Waals surface area contributed by atoms with Crippen LogP contribution < -0.4 is 10.1 Å². The molecule has 0 saturated carbocycles. The van der Waals surface area contributed by atoms with Gasteiger partial charge >= 0.3 is 5.69 Å². The summed E-state index contributed by atoms with van der Waals surface area (Å²) < 4.78 is 5.01. The van der Waals surface area contributed by atoms with Crippen LogP contribution >= 0.6 is 11.8 Å². The number of nitrogens with zero attached hydrogens (tertiary/aromatic N) is 1. The minimum absolute atomic E-state index is 0.00296. The van der Waals surface area contributed by atoms with Crippen molar-refractivity contribution in [3.05, 3.63) is 28.3 Å².